The molecule has 0 spiro atoms. The molecule has 0 aliphatic rings. The first kappa shape index (κ1) is 24.0. The molecule has 2 rings (SSSR count). The Hall–Kier alpha value is -3.29. The zero-order chi connectivity index (χ0) is 23.3. The number of ketones is 1. The van der Waals surface area contributed by atoms with Crippen LogP contribution in [0.1, 0.15) is 56.3 Å². The smallest absolute Gasteiger partial charge is 0.354 e. The molecule has 1 amide bonds. The summed E-state index contributed by atoms with van der Waals surface area (Å²) in [6.07, 6.45) is 0. The summed E-state index contributed by atoms with van der Waals surface area (Å²) in [6.45, 7) is 7.94. The van der Waals surface area contributed by atoms with Crippen LogP contribution in [-0.4, -0.2) is 61.5 Å². The van der Waals surface area contributed by atoms with Gasteiger partial charge in [-0.3, -0.25) is 9.59 Å². The van der Waals surface area contributed by atoms with Gasteiger partial charge in [0.05, 0.1) is 33.4 Å². The van der Waals surface area contributed by atoms with E-state index in [-0.39, 0.29) is 18.2 Å². The first-order valence-electron chi connectivity index (χ1n) is 10.1. The number of hydrogen-bond donors (Lipinski definition) is 0. The molecule has 0 atom stereocenters. The van der Waals surface area contributed by atoms with Gasteiger partial charge in [-0.2, -0.15) is 0 Å². The van der Waals surface area contributed by atoms with Crippen LogP contribution < -0.4 is 9.47 Å². The van der Waals surface area contributed by atoms with Gasteiger partial charge in [-0.1, -0.05) is 0 Å². The van der Waals surface area contributed by atoms with Crippen LogP contribution in [0.5, 0.6) is 11.5 Å². The van der Waals surface area contributed by atoms with E-state index in [0.29, 0.717) is 52.7 Å². The van der Waals surface area contributed by atoms with Gasteiger partial charge in [0, 0.05) is 30.4 Å². The molecule has 1 aromatic heterocycles. The van der Waals surface area contributed by atoms with Gasteiger partial charge in [0.25, 0.3) is 5.91 Å². The number of carbonyl (C=O) groups is 3. The van der Waals surface area contributed by atoms with Crippen LogP contribution in [0.3, 0.4) is 0 Å². The van der Waals surface area contributed by atoms with Crippen LogP contribution in [0.4, 0.5) is 0 Å². The van der Waals surface area contributed by atoms with Crippen molar-refractivity contribution < 1.29 is 28.6 Å². The Morgan fingerprint density at radius 2 is 1.71 bits per heavy atom. The number of methoxy groups -OCH3 is 3. The molecular weight excluding hydrogens is 400 g/mol. The van der Waals surface area contributed by atoms with Crippen LogP contribution in [0, 0.1) is 13.8 Å². The monoisotopic (exact) mass is 430 g/mol. The van der Waals surface area contributed by atoms with Crippen molar-refractivity contribution in [2.45, 2.75) is 34.2 Å². The molecule has 168 valence electrons. The Labute approximate surface area is 182 Å². The van der Waals surface area contributed by atoms with Crippen LogP contribution in [0.25, 0.3) is 0 Å². The predicted molar refractivity (Wildman–Crippen MR) is 116 cm³/mol. The molecule has 0 radical (unpaired) electrons. The minimum atomic E-state index is -0.493. The quantitative estimate of drug-likeness (QED) is 0.448. The number of aromatic nitrogens is 1. The lowest BCUT2D eigenvalue weighted by atomic mass is 10.0. The van der Waals surface area contributed by atoms with Gasteiger partial charge >= 0.3 is 5.97 Å². The zero-order valence-corrected chi connectivity index (χ0v) is 19.2. The summed E-state index contributed by atoms with van der Waals surface area (Å²) in [7, 11) is 4.32. The Bertz CT molecular complexity index is 992. The summed E-state index contributed by atoms with van der Waals surface area (Å²) in [5, 5.41) is 0. The van der Waals surface area contributed by atoms with E-state index >= 15 is 0 Å². The maximum absolute atomic E-state index is 13.2. The second-order valence-electron chi connectivity index (χ2n) is 6.98. The lowest BCUT2D eigenvalue weighted by molar-refractivity contribution is 0.0587. The van der Waals surface area contributed by atoms with Crippen molar-refractivity contribution in [2.24, 2.45) is 0 Å². The van der Waals surface area contributed by atoms with Crippen molar-refractivity contribution in [2.75, 3.05) is 34.4 Å². The molecule has 0 saturated carbocycles. The first-order valence-corrected chi connectivity index (χ1v) is 10.1. The van der Waals surface area contributed by atoms with Crippen LogP contribution in [-0.2, 0) is 11.3 Å². The van der Waals surface area contributed by atoms with E-state index < -0.39 is 5.97 Å². The summed E-state index contributed by atoms with van der Waals surface area (Å²) < 4.78 is 17.2. The Kier molecular flexibility index (Phi) is 7.85. The van der Waals surface area contributed by atoms with Crippen molar-refractivity contribution in [3.63, 3.8) is 0 Å². The molecule has 0 bridgehead atoms. The number of benzene rings is 1. The summed E-state index contributed by atoms with van der Waals surface area (Å²) in [5.41, 5.74) is 2.37. The van der Waals surface area contributed by atoms with E-state index in [0.717, 1.165) is 0 Å². The van der Waals surface area contributed by atoms with Crippen LogP contribution in [0.15, 0.2) is 18.2 Å². The maximum atomic E-state index is 13.2. The SMILES string of the molecule is CCN(CC(=O)c1c(C)c(C(=O)OC)n(CC)c1C)C(=O)c1ccc(OC)cc1OC. The molecule has 8 heteroatoms. The number of Topliss-reactive ketones (excluding diaryl/α,β-unsaturated/α-hetero) is 1. The Morgan fingerprint density at radius 1 is 1.03 bits per heavy atom. The highest BCUT2D eigenvalue weighted by atomic mass is 16.5. The molecule has 0 aliphatic heterocycles. The lowest BCUT2D eigenvalue weighted by Crippen LogP contribution is -2.36. The number of ether oxygens (including phenoxy) is 3. The molecule has 31 heavy (non-hydrogen) atoms. The molecule has 0 N–H and O–H groups in total. The standard InChI is InChI=1S/C23H30N2O6/c1-8-24(22(27)17-11-10-16(29-5)12-19(17)30-6)13-18(26)20-14(3)21(23(28)31-7)25(9-2)15(20)4/h10-12H,8-9,13H2,1-7H3. The number of rotatable bonds is 9. The minimum Gasteiger partial charge on any atom is -0.497 e. The number of esters is 1. The van der Waals surface area contributed by atoms with Crippen molar-refractivity contribution in [3.8, 4) is 11.5 Å². The first-order chi connectivity index (χ1) is 14.7. The normalized spacial score (nSPS) is 10.5. The minimum absolute atomic E-state index is 0.124. The van der Waals surface area contributed by atoms with Gasteiger partial charge in [-0.25, -0.2) is 4.79 Å². The lowest BCUT2D eigenvalue weighted by Gasteiger charge is -2.22. The number of amides is 1. The second kappa shape index (κ2) is 10.1. The molecular formula is C23H30N2O6. The van der Waals surface area contributed by atoms with E-state index in [1.807, 2.05) is 6.92 Å². The third-order valence-corrected chi connectivity index (χ3v) is 5.38. The molecule has 0 aliphatic carbocycles. The van der Waals surface area contributed by atoms with Crippen molar-refractivity contribution in [3.05, 3.63) is 46.3 Å². The summed E-state index contributed by atoms with van der Waals surface area (Å²) in [6, 6.07) is 4.91. The average Bonchev–Trinajstić information content (AvgIpc) is 3.04. The predicted octanol–water partition coefficient (Wildman–Crippen LogP) is 3.27. The molecule has 0 saturated heterocycles. The van der Waals surface area contributed by atoms with E-state index in [1.54, 1.807) is 43.5 Å². The fourth-order valence-corrected chi connectivity index (χ4v) is 3.79. The fourth-order valence-electron chi connectivity index (χ4n) is 3.79. The van der Waals surface area contributed by atoms with Gasteiger partial charge in [-0.05, 0) is 45.4 Å². The van der Waals surface area contributed by atoms with Gasteiger partial charge < -0.3 is 23.7 Å². The Balaban J connectivity index is 2.39. The number of nitrogens with zero attached hydrogens (tertiary/aromatic N) is 2. The third-order valence-electron chi connectivity index (χ3n) is 5.38. The maximum Gasteiger partial charge on any atom is 0.354 e. The number of hydrogen-bond acceptors (Lipinski definition) is 6. The van der Waals surface area contributed by atoms with Crippen molar-refractivity contribution in [1.82, 2.24) is 9.47 Å². The van der Waals surface area contributed by atoms with E-state index in [1.165, 1.54) is 26.2 Å². The van der Waals surface area contributed by atoms with Crippen LogP contribution in [0.2, 0.25) is 0 Å². The third kappa shape index (κ3) is 4.57. The highest BCUT2D eigenvalue weighted by molar-refractivity contribution is 6.06. The van der Waals surface area contributed by atoms with Crippen molar-refractivity contribution >= 4 is 17.7 Å². The highest BCUT2D eigenvalue weighted by Gasteiger charge is 2.28. The van der Waals surface area contributed by atoms with Gasteiger partial charge in [0.15, 0.2) is 5.78 Å². The Morgan fingerprint density at radius 3 is 2.23 bits per heavy atom. The molecule has 0 unspecified atom stereocenters. The van der Waals surface area contributed by atoms with Gasteiger partial charge in [0.1, 0.15) is 17.2 Å². The average molecular weight is 431 g/mol. The van der Waals surface area contributed by atoms with E-state index in [2.05, 4.69) is 0 Å². The fraction of sp³-hybridized carbons (Fsp3) is 0.435. The van der Waals surface area contributed by atoms with E-state index in [4.69, 9.17) is 14.2 Å². The summed E-state index contributed by atoms with van der Waals surface area (Å²) >= 11 is 0. The van der Waals surface area contributed by atoms with Gasteiger partial charge in [0.2, 0.25) is 0 Å². The molecule has 0 fully saturated rings. The highest BCUT2D eigenvalue weighted by Crippen LogP contribution is 2.27. The molecule has 2 aromatic rings. The van der Waals surface area contributed by atoms with Crippen molar-refractivity contribution in [1.29, 1.82) is 0 Å². The molecule has 1 heterocycles. The summed E-state index contributed by atoms with van der Waals surface area (Å²) in [5.74, 6) is -0.126. The van der Waals surface area contributed by atoms with E-state index in [9.17, 15) is 14.4 Å². The zero-order valence-electron chi connectivity index (χ0n) is 19.2. The largest absolute Gasteiger partial charge is 0.497 e. The summed E-state index contributed by atoms with van der Waals surface area (Å²) in [4.78, 5) is 40.1. The molecule has 8 nitrogen and oxygen atoms in total. The van der Waals surface area contributed by atoms with Crippen LogP contribution >= 0.6 is 0 Å². The number of likely N-dealkylation sites (N-methyl/N-ethyl adjacent to an activating group) is 1. The second-order valence-corrected chi connectivity index (χ2v) is 6.98. The van der Waals surface area contributed by atoms with Gasteiger partial charge in [-0.15, -0.1) is 0 Å². The number of carbonyl (C=O) groups excluding carboxylic acids is 3. The molecule has 1 aromatic carbocycles. The topological polar surface area (TPSA) is 87.1 Å².